The van der Waals surface area contributed by atoms with Gasteiger partial charge in [0.2, 0.25) is 0 Å². The molecule has 90 valence electrons. The van der Waals surface area contributed by atoms with E-state index in [1.54, 1.807) is 0 Å². The molecule has 0 saturated carbocycles. The van der Waals surface area contributed by atoms with Gasteiger partial charge in [-0.25, -0.2) is 4.72 Å². The lowest BCUT2D eigenvalue weighted by molar-refractivity contribution is 0.212. The van der Waals surface area contributed by atoms with Gasteiger partial charge < -0.3 is 5.11 Å². The number of hydrogen-bond acceptors (Lipinski definition) is 3. The summed E-state index contributed by atoms with van der Waals surface area (Å²) in [6.07, 6.45) is 1.58. The first kappa shape index (κ1) is 12.9. The summed E-state index contributed by atoms with van der Waals surface area (Å²) in [5.41, 5.74) is 0. The highest BCUT2D eigenvalue weighted by Gasteiger charge is 2.33. The summed E-state index contributed by atoms with van der Waals surface area (Å²) in [5.74, 6) is 0.287. The SMILES string of the molecule is CC(C)CNS(=O)(=O)N1CCC[C@@H]1CO. The van der Waals surface area contributed by atoms with Crippen molar-refractivity contribution in [3.05, 3.63) is 0 Å². The van der Waals surface area contributed by atoms with Gasteiger partial charge >= 0.3 is 0 Å². The Morgan fingerprint density at radius 3 is 2.73 bits per heavy atom. The number of hydrogen-bond donors (Lipinski definition) is 2. The van der Waals surface area contributed by atoms with Gasteiger partial charge in [-0.05, 0) is 18.8 Å². The predicted molar refractivity (Wildman–Crippen MR) is 58.6 cm³/mol. The molecule has 0 aliphatic carbocycles. The van der Waals surface area contributed by atoms with E-state index in [0.29, 0.717) is 13.1 Å². The van der Waals surface area contributed by atoms with Crippen LogP contribution in [0.2, 0.25) is 0 Å². The van der Waals surface area contributed by atoms with Crippen molar-refractivity contribution in [2.75, 3.05) is 19.7 Å². The van der Waals surface area contributed by atoms with E-state index in [0.717, 1.165) is 12.8 Å². The van der Waals surface area contributed by atoms with Crippen molar-refractivity contribution < 1.29 is 13.5 Å². The molecule has 5 nitrogen and oxygen atoms in total. The van der Waals surface area contributed by atoms with Crippen LogP contribution in [0, 0.1) is 5.92 Å². The fourth-order valence-corrected chi connectivity index (χ4v) is 3.31. The van der Waals surface area contributed by atoms with E-state index in [2.05, 4.69) is 4.72 Å². The van der Waals surface area contributed by atoms with Gasteiger partial charge in [0.05, 0.1) is 6.61 Å². The molecule has 1 fully saturated rings. The Morgan fingerprint density at radius 1 is 1.53 bits per heavy atom. The molecule has 0 spiro atoms. The van der Waals surface area contributed by atoms with Crippen LogP contribution in [0.3, 0.4) is 0 Å². The molecule has 1 heterocycles. The molecule has 1 saturated heterocycles. The predicted octanol–water partition coefficient (Wildman–Crippen LogP) is -0.0665. The minimum atomic E-state index is -3.39. The number of aliphatic hydroxyl groups excluding tert-OH is 1. The van der Waals surface area contributed by atoms with Gasteiger partial charge in [-0.2, -0.15) is 12.7 Å². The van der Waals surface area contributed by atoms with Crippen LogP contribution < -0.4 is 4.72 Å². The molecule has 15 heavy (non-hydrogen) atoms. The normalized spacial score (nSPS) is 23.9. The van der Waals surface area contributed by atoms with Gasteiger partial charge in [-0.1, -0.05) is 13.8 Å². The summed E-state index contributed by atoms with van der Waals surface area (Å²) < 4.78 is 27.5. The van der Waals surface area contributed by atoms with Crippen LogP contribution in [0.25, 0.3) is 0 Å². The summed E-state index contributed by atoms with van der Waals surface area (Å²) in [7, 11) is -3.39. The third-order valence-electron chi connectivity index (χ3n) is 2.52. The highest BCUT2D eigenvalue weighted by atomic mass is 32.2. The second-order valence-electron chi connectivity index (χ2n) is 4.34. The fraction of sp³-hybridized carbons (Fsp3) is 1.00. The standard InChI is InChI=1S/C9H20N2O3S/c1-8(2)6-10-15(13,14)11-5-3-4-9(11)7-12/h8-10,12H,3-7H2,1-2H3/t9-/m1/s1. The van der Waals surface area contributed by atoms with E-state index >= 15 is 0 Å². The second kappa shape index (κ2) is 5.25. The van der Waals surface area contributed by atoms with Crippen LogP contribution in [-0.2, 0) is 10.2 Å². The Balaban J connectivity index is 2.60. The van der Waals surface area contributed by atoms with Crippen LogP contribution in [0.1, 0.15) is 26.7 Å². The van der Waals surface area contributed by atoms with E-state index < -0.39 is 10.2 Å². The Bertz CT molecular complexity index is 290. The van der Waals surface area contributed by atoms with E-state index in [4.69, 9.17) is 5.11 Å². The molecule has 2 N–H and O–H groups in total. The third kappa shape index (κ3) is 3.41. The minimum Gasteiger partial charge on any atom is -0.395 e. The first-order valence-corrected chi connectivity index (χ1v) is 6.78. The minimum absolute atomic E-state index is 0.0947. The molecule has 0 radical (unpaired) electrons. The quantitative estimate of drug-likeness (QED) is 0.702. The Morgan fingerprint density at radius 2 is 2.20 bits per heavy atom. The van der Waals surface area contributed by atoms with Crippen molar-refractivity contribution in [2.24, 2.45) is 5.92 Å². The van der Waals surface area contributed by atoms with E-state index in [9.17, 15) is 8.42 Å². The largest absolute Gasteiger partial charge is 0.395 e. The molecule has 0 aromatic carbocycles. The number of nitrogens with one attached hydrogen (secondary N) is 1. The number of aliphatic hydroxyl groups is 1. The molecule has 0 aromatic rings. The fourth-order valence-electron chi connectivity index (χ4n) is 1.66. The van der Waals surface area contributed by atoms with Crippen molar-refractivity contribution in [1.82, 2.24) is 9.03 Å². The lowest BCUT2D eigenvalue weighted by Crippen LogP contribution is -2.45. The van der Waals surface area contributed by atoms with E-state index in [-0.39, 0.29) is 18.6 Å². The monoisotopic (exact) mass is 236 g/mol. The first-order valence-electron chi connectivity index (χ1n) is 5.34. The number of nitrogens with zero attached hydrogens (tertiary/aromatic N) is 1. The average molecular weight is 236 g/mol. The third-order valence-corrected chi connectivity index (χ3v) is 4.15. The highest BCUT2D eigenvalue weighted by Crippen LogP contribution is 2.19. The summed E-state index contributed by atoms with van der Waals surface area (Å²) in [6, 6.07) is -0.241. The lowest BCUT2D eigenvalue weighted by Gasteiger charge is -2.23. The van der Waals surface area contributed by atoms with Gasteiger partial charge in [-0.15, -0.1) is 0 Å². The summed E-state index contributed by atoms with van der Waals surface area (Å²) in [4.78, 5) is 0. The van der Waals surface area contributed by atoms with Gasteiger partial charge in [0.25, 0.3) is 10.2 Å². The maximum Gasteiger partial charge on any atom is 0.279 e. The first-order chi connectivity index (χ1) is 6.97. The van der Waals surface area contributed by atoms with Crippen LogP contribution in [0.4, 0.5) is 0 Å². The maximum atomic E-state index is 11.8. The molecule has 0 amide bonds. The molecular formula is C9H20N2O3S. The van der Waals surface area contributed by atoms with Crippen molar-refractivity contribution in [2.45, 2.75) is 32.7 Å². The van der Waals surface area contributed by atoms with Crippen LogP contribution >= 0.6 is 0 Å². The van der Waals surface area contributed by atoms with Gasteiger partial charge in [0.1, 0.15) is 0 Å². The summed E-state index contributed by atoms with van der Waals surface area (Å²) in [5, 5.41) is 9.04. The molecular weight excluding hydrogens is 216 g/mol. The van der Waals surface area contributed by atoms with Gasteiger partial charge in [0.15, 0.2) is 0 Å². The molecule has 0 bridgehead atoms. The van der Waals surface area contributed by atoms with Gasteiger partial charge in [0, 0.05) is 19.1 Å². The van der Waals surface area contributed by atoms with Gasteiger partial charge in [-0.3, -0.25) is 0 Å². The van der Waals surface area contributed by atoms with Crippen LogP contribution in [0.5, 0.6) is 0 Å². The summed E-state index contributed by atoms with van der Waals surface area (Å²) in [6.45, 7) is 4.77. The van der Waals surface area contributed by atoms with E-state index in [1.807, 2.05) is 13.8 Å². The summed E-state index contributed by atoms with van der Waals surface area (Å²) >= 11 is 0. The Hall–Kier alpha value is -0.170. The van der Waals surface area contributed by atoms with Crippen molar-refractivity contribution >= 4 is 10.2 Å². The number of rotatable bonds is 5. The lowest BCUT2D eigenvalue weighted by atomic mass is 10.2. The van der Waals surface area contributed by atoms with Crippen molar-refractivity contribution in [1.29, 1.82) is 0 Å². The topological polar surface area (TPSA) is 69.6 Å². The smallest absolute Gasteiger partial charge is 0.279 e. The van der Waals surface area contributed by atoms with Crippen LogP contribution in [-0.4, -0.2) is 43.6 Å². The molecule has 0 unspecified atom stereocenters. The van der Waals surface area contributed by atoms with Crippen LogP contribution in [0.15, 0.2) is 0 Å². The van der Waals surface area contributed by atoms with E-state index in [1.165, 1.54) is 4.31 Å². The van der Waals surface area contributed by atoms with Crippen molar-refractivity contribution in [3.63, 3.8) is 0 Å². The molecule has 6 heteroatoms. The zero-order chi connectivity index (χ0) is 11.5. The average Bonchev–Trinajstić information content (AvgIpc) is 2.63. The zero-order valence-corrected chi connectivity index (χ0v) is 10.1. The molecule has 1 aliphatic rings. The zero-order valence-electron chi connectivity index (χ0n) is 9.31. The maximum absolute atomic E-state index is 11.8. The molecule has 1 atom stereocenters. The Kier molecular flexibility index (Phi) is 4.51. The Labute approximate surface area is 91.7 Å². The molecule has 0 aromatic heterocycles. The molecule has 1 rings (SSSR count). The molecule has 1 aliphatic heterocycles. The second-order valence-corrected chi connectivity index (χ2v) is 6.04. The highest BCUT2D eigenvalue weighted by molar-refractivity contribution is 7.87. The van der Waals surface area contributed by atoms with Crippen molar-refractivity contribution in [3.8, 4) is 0 Å².